The third-order valence-corrected chi connectivity index (χ3v) is 4.65. The van der Waals surface area contributed by atoms with Gasteiger partial charge in [-0.2, -0.15) is 9.78 Å². The Morgan fingerprint density at radius 1 is 1.08 bits per heavy atom. The van der Waals surface area contributed by atoms with Gasteiger partial charge in [-0.15, -0.1) is 10.2 Å². The molecule has 4 nitrogen and oxygen atoms in total. The maximum Gasteiger partial charge on any atom is 0.212 e. The molecular formula is C19H20N4S. The van der Waals surface area contributed by atoms with Crippen LogP contribution in [0.1, 0.15) is 36.5 Å². The van der Waals surface area contributed by atoms with E-state index in [2.05, 4.69) is 65.5 Å². The maximum atomic E-state index is 4.47. The van der Waals surface area contributed by atoms with Crippen LogP contribution in [0, 0.1) is 0 Å². The predicted octanol–water partition coefficient (Wildman–Crippen LogP) is 4.58. The lowest BCUT2D eigenvalue weighted by molar-refractivity contribution is 0.767. The Bertz CT molecular complexity index is 792. The molecule has 1 heterocycles. The third-order valence-electron chi connectivity index (χ3n) is 3.65. The van der Waals surface area contributed by atoms with Gasteiger partial charge in [-0.1, -0.05) is 80.2 Å². The van der Waals surface area contributed by atoms with Crippen LogP contribution < -0.4 is 0 Å². The molecule has 122 valence electrons. The molecule has 5 heteroatoms. The molecule has 3 rings (SSSR count). The van der Waals surface area contributed by atoms with Crippen LogP contribution >= 0.6 is 11.8 Å². The highest BCUT2D eigenvalue weighted by Gasteiger charge is 2.04. The normalized spacial score (nSPS) is 11.5. The van der Waals surface area contributed by atoms with E-state index in [9.17, 15) is 0 Å². The molecule has 0 saturated carbocycles. The third kappa shape index (κ3) is 4.32. The Kier molecular flexibility index (Phi) is 5.43. The van der Waals surface area contributed by atoms with Crippen LogP contribution in [-0.4, -0.2) is 21.1 Å². The fraction of sp³-hybridized carbons (Fsp3) is 0.211. The van der Waals surface area contributed by atoms with Crippen molar-refractivity contribution in [1.82, 2.24) is 14.9 Å². The van der Waals surface area contributed by atoms with E-state index < -0.39 is 0 Å². The molecule has 1 aromatic heterocycles. The van der Waals surface area contributed by atoms with E-state index in [0.717, 1.165) is 16.5 Å². The van der Waals surface area contributed by atoms with Crippen LogP contribution in [0.25, 0.3) is 0 Å². The van der Waals surface area contributed by atoms with E-state index in [1.807, 2.05) is 24.4 Å². The zero-order valence-corrected chi connectivity index (χ0v) is 14.6. The van der Waals surface area contributed by atoms with E-state index in [0.29, 0.717) is 5.92 Å². The van der Waals surface area contributed by atoms with Gasteiger partial charge in [-0.05, 0) is 22.6 Å². The molecule has 0 aliphatic heterocycles. The minimum absolute atomic E-state index is 0.537. The Balaban J connectivity index is 1.66. The van der Waals surface area contributed by atoms with Gasteiger partial charge < -0.3 is 0 Å². The summed E-state index contributed by atoms with van der Waals surface area (Å²) in [5, 5.41) is 13.4. The van der Waals surface area contributed by atoms with Crippen molar-refractivity contribution >= 4 is 18.0 Å². The van der Waals surface area contributed by atoms with Crippen molar-refractivity contribution in [1.29, 1.82) is 0 Å². The quantitative estimate of drug-likeness (QED) is 0.489. The molecule has 0 bridgehead atoms. The summed E-state index contributed by atoms with van der Waals surface area (Å²) >= 11 is 1.62. The summed E-state index contributed by atoms with van der Waals surface area (Å²) in [6.07, 6.45) is 3.46. The number of nitrogens with zero attached hydrogens (tertiary/aromatic N) is 4. The van der Waals surface area contributed by atoms with Gasteiger partial charge in [0.2, 0.25) is 5.16 Å². The minimum atomic E-state index is 0.537. The lowest BCUT2D eigenvalue weighted by Gasteiger charge is -2.04. The Hall–Kier alpha value is -2.40. The van der Waals surface area contributed by atoms with E-state index in [-0.39, 0.29) is 0 Å². The lowest BCUT2D eigenvalue weighted by Crippen LogP contribution is -1.93. The van der Waals surface area contributed by atoms with Gasteiger partial charge in [0.25, 0.3) is 0 Å². The van der Waals surface area contributed by atoms with E-state index in [1.165, 1.54) is 11.1 Å². The maximum absolute atomic E-state index is 4.47. The molecule has 0 unspecified atom stereocenters. The summed E-state index contributed by atoms with van der Waals surface area (Å²) in [5.74, 6) is 1.38. The van der Waals surface area contributed by atoms with Crippen LogP contribution in [0.4, 0.5) is 0 Å². The molecule has 0 radical (unpaired) electrons. The van der Waals surface area contributed by atoms with Gasteiger partial charge in [0.15, 0.2) is 0 Å². The van der Waals surface area contributed by atoms with Crippen molar-refractivity contribution in [3.63, 3.8) is 0 Å². The number of benzene rings is 2. The summed E-state index contributed by atoms with van der Waals surface area (Å²) in [7, 11) is 0. The first-order valence-electron chi connectivity index (χ1n) is 7.93. The molecule has 0 spiro atoms. The zero-order chi connectivity index (χ0) is 16.8. The number of thioether (sulfide) groups is 1. The average Bonchev–Trinajstić information content (AvgIpc) is 3.07. The number of hydrogen-bond acceptors (Lipinski definition) is 4. The Morgan fingerprint density at radius 2 is 1.83 bits per heavy atom. The second kappa shape index (κ2) is 7.93. The van der Waals surface area contributed by atoms with Gasteiger partial charge in [0.05, 0.1) is 6.21 Å². The minimum Gasteiger partial charge on any atom is -0.195 e. The molecule has 0 amide bonds. The number of aromatic nitrogens is 3. The predicted molar refractivity (Wildman–Crippen MR) is 99.5 cm³/mol. The Labute approximate surface area is 146 Å². The number of hydrogen-bond donors (Lipinski definition) is 0. The summed E-state index contributed by atoms with van der Waals surface area (Å²) in [4.78, 5) is 0. The van der Waals surface area contributed by atoms with Crippen molar-refractivity contribution < 1.29 is 0 Å². The monoisotopic (exact) mass is 336 g/mol. The summed E-state index contributed by atoms with van der Waals surface area (Å²) in [5.41, 5.74) is 3.65. The average molecular weight is 336 g/mol. The van der Waals surface area contributed by atoms with E-state index in [4.69, 9.17) is 0 Å². The molecule has 0 fully saturated rings. The number of rotatable bonds is 6. The smallest absolute Gasteiger partial charge is 0.195 e. The topological polar surface area (TPSA) is 43.1 Å². The Morgan fingerprint density at radius 3 is 2.54 bits per heavy atom. The van der Waals surface area contributed by atoms with Crippen LogP contribution in [0.15, 0.2) is 71.2 Å². The van der Waals surface area contributed by atoms with Gasteiger partial charge >= 0.3 is 0 Å². The van der Waals surface area contributed by atoms with Gasteiger partial charge in [0, 0.05) is 5.75 Å². The SMILES string of the molecule is CC(C)c1ccc(/C=N\n2cnnc2SCc2ccccc2)cc1. The fourth-order valence-corrected chi connectivity index (χ4v) is 3.03. The first kappa shape index (κ1) is 16.5. The summed E-state index contributed by atoms with van der Waals surface area (Å²) in [6, 6.07) is 18.8. The van der Waals surface area contributed by atoms with Gasteiger partial charge in [-0.3, -0.25) is 0 Å². The summed E-state index contributed by atoms with van der Waals surface area (Å²) in [6.45, 7) is 4.38. The molecule has 0 N–H and O–H groups in total. The molecule has 0 saturated heterocycles. The van der Waals surface area contributed by atoms with Crippen molar-refractivity contribution in [2.24, 2.45) is 5.10 Å². The lowest BCUT2D eigenvalue weighted by atomic mass is 10.0. The highest BCUT2D eigenvalue weighted by molar-refractivity contribution is 7.98. The largest absolute Gasteiger partial charge is 0.212 e. The molecule has 3 aromatic rings. The molecular weight excluding hydrogens is 316 g/mol. The molecule has 0 aliphatic carbocycles. The molecule has 0 aliphatic rings. The summed E-state index contributed by atoms with van der Waals surface area (Å²) < 4.78 is 1.71. The van der Waals surface area contributed by atoms with Crippen molar-refractivity contribution in [2.75, 3.05) is 0 Å². The first-order valence-corrected chi connectivity index (χ1v) is 8.92. The highest BCUT2D eigenvalue weighted by Crippen LogP contribution is 2.20. The second-order valence-corrected chi connectivity index (χ2v) is 6.74. The standard InChI is InChI=1S/C19H20N4S/c1-15(2)18-10-8-16(9-11-18)12-21-23-14-20-22-19(23)24-13-17-6-4-3-5-7-17/h3-12,14-15H,13H2,1-2H3/b21-12-. The van der Waals surface area contributed by atoms with Crippen LogP contribution in [0.2, 0.25) is 0 Å². The van der Waals surface area contributed by atoms with Crippen molar-refractivity contribution in [3.05, 3.63) is 77.6 Å². The molecule has 2 aromatic carbocycles. The molecule has 24 heavy (non-hydrogen) atoms. The van der Waals surface area contributed by atoms with E-state index in [1.54, 1.807) is 22.8 Å². The highest BCUT2D eigenvalue weighted by atomic mass is 32.2. The first-order chi connectivity index (χ1) is 11.7. The van der Waals surface area contributed by atoms with Crippen LogP contribution in [0.5, 0.6) is 0 Å². The van der Waals surface area contributed by atoms with Gasteiger partial charge in [0.1, 0.15) is 6.33 Å². The van der Waals surface area contributed by atoms with E-state index >= 15 is 0 Å². The van der Waals surface area contributed by atoms with Crippen LogP contribution in [0.3, 0.4) is 0 Å². The van der Waals surface area contributed by atoms with Crippen molar-refractivity contribution in [2.45, 2.75) is 30.7 Å². The second-order valence-electron chi connectivity index (χ2n) is 5.80. The van der Waals surface area contributed by atoms with Crippen LogP contribution in [-0.2, 0) is 5.75 Å². The van der Waals surface area contributed by atoms with Gasteiger partial charge in [-0.25, -0.2) is 0 Å². The fourth-order valence-electron chi connectivity index (χ4n) is 2.21. The molecule has 0 atom stereocenters. The van der Waals surface area contributed by atoms with Crippen molar-refractivity contribution in [3.8, 4) is 0 Å². The zero-order valence-electron chi connectivity index (χ0n) is 13.8.